The molecule has 0 radical (unpaired) electrons. The van der Waals surface area contributed by atoms with Crippen molar-refractivity contribution in [1.29, 1.82) is 0 Å². The largest absolute Gasteiger partial charge is 0.490 e. The zero-order valence-electron chi connectivity index (χ0n) is 13.0. The highest BCUT2D eigenvalue weighted by Gasteiger charge is 2.32. The first-order chi connectivity index (χ1) is 10.7. The summed E-state index contributed by atoms with van der Waals surface area (Å²) in [6.07, 6.45) is -1.68. The number of fused-ring (bicyclic) bond motifs is 1. The van der Waals surface area contributed by atoms with Crippen molar-refractivity contribution in [3.63, 3.8) is 0 Å². The molecular formula is C15H19F2NO5. The number of benzene rings is 1. The van der Waals surface area contributed by atoms with Crippen LogP contribution in [-0.4, -0.2) is 36.1 Å². The number of aliphatic hydroxyl groups is 1. The van der Waals surface area contributed by atoms with Gasteiger partial charge >= 0.3 is 12.7 Å². The van der Waals surface area contributed by atoms with Crippen LogP contribution >= 0.6 is 0 Å². The molecule has 1 aliphatic heterocycles. The van der Waals surface area contributed by atoms with E-state index in [0.717, 1.165) is 0 Å². The molecule has 2 N–H and O–H groups in total. The van der Waals surface area contributed by atoms with Crippen LogP contribution in [0.3, 0.4) is 0 Å². The number of aliphatic hydroxyl groups excluding tert-OH is 1. The van der Waals surface area contributed by atoms with Gasteiger partial charge in [-0.05, 0) is 32.9 Å². The minimum Gasteiger partial charge on any atom is -0.490 e. The minimum atomic E-state index is -2.95. The molecule has 1 amide bonds. The van der Waals surface area contributed by atoms with Crippen LogP contribution in [0.2, 0.25) is 0 Å². The van der Waals surface area contributed by atoms with Crippen LogP contribution in [0.25, 0.3) is 0 Å². The highest BCUT2D eigenvalue weighted by molar-refractivity contribution is 5.69. The SMILES string of the molecule is CC(C)(C)OC(=O)N[C@H]1c2ccc(OC(F)F)cc2OC[C@H]1O. The van der Waals surface area contributed by atoms with E-state index in [0.29, 0.717) is 5.56 Å². The Bertz CT molecular complexity index is 573. The Labute approximate surface area is 132 Å². The summed E-state index contributed by atoms with van der Waals surface area (Å²) in [7, 11) is 0. The fraction of sp³-hybridized carbons (Fsp3) is 0.533. The van der Waals surface area contributed by atoms with Gasteiger partial charge in [0.25, 0.3) is 0 Å². The van der Waals surface area contributed by atoms with Gasteiger partial charge in [0, 0.05) is 11.6 Å². The maximum Gasteiger partial charge on any atom is 0.408 e. The Morgan fingerprint density at radius 1 is 1.43 bits per heavy atom. The number of hydrogen-bond donors (Lipinski definition) is 2. The third-order valence-electron chi connectivity index (χ3n) is 3.01. The molecule has 1 heterocycles. The highest BCUT2D eigenvalue weighted by atomic mass is 19.3. The fourth-order valence-corrected chi connectivity index (χ4v) is 2.16. The number of alkyl halides is 2. The summed E-state index contributed by atoms with van der Waals surface area (Å²) in [5.41, 5.74) is -0.228. The summed E-state index contributed by atoms with van der Waals surface area (Å²) in [6, 6.07) is 3.29. The topological polar surface area (TPSA) is 77.0 Å². The number of hydrogen-bond acceptors (Lipinski definition) is 5. The van der Waals surface area contributed by atoms with Crippen LogP contribution in [0, 0.1) is 0 Å². The smallest absolute Gasteiger partial charge is 0.408 e. The third kappa shape index (κ3) is 4.69. The number of alkyl carbamates (subject to hydrolysis) is 1. The molecule has 6 nitrogen and oxygen atoms in total. The first-order valence-corrected chi connectivity index (χ1v) is 7.05. The molecule has 0 fully saturated rings. The number of amides is 1. The van der Waals surface area contributed by atoms with Crippen LogP contribution in [0.4, 0.5) is 13.6 Å². The zero-order chi connectivity index (χ0) is 17.2. The average Bonchev–Trinajstić information content (AvgIpc) is 2.39. The number of rotatable bonds is 3. The molecule has 1 aromatic carbocycles. The summed E-state index contributed by atoms with van der Waals surface area (Å²) >= 11 is 0. The Morgan fingerprint density at radius 2 is 2.13 bits per heavy atom. The van der Waals surface area contributed by atoms with Crippen molar-refractivity contribution < 1.29 is 32.9 Å². The molecule has 0 aliphatic carbocycles. The van der Waals surface area contributed by atoms with Crippen molar-refractivity contribution in [2.24, 2.45) is 0 Å². The Morgan fingerprint density at radius 3 is 2.74 bits per heavy atom. The number of nitrogens with one attached hydrogen (secondary N) is 1. The van der Waals surface area contributed by atoms with E-state index in [1.807, 2.05) is 0 Å². The normalized spacial score (nSPS) is 20.5. The Kier molecular flexibility index (Phi) is 4.93. The molecule has 0 unspecified atom stereocenters. The van der Waals surface area contributed by atoms with Crippen LogP contribution in [0.15, 0.2) is 18.2 Å². The van der Waals surface area contributed by atoms with Gasteiger partial charge in [0.05, 0.1) is 6.04 Å². The molecule has 2 rings (SSSR count). The molecular weight excluding hydrogens is 312 g/mol. The molecule has 8 heteroatoms. The van der Waals surface area contributed by atoms with Crippen LogP contribution in [0.5, 0.6) is 11.5 Å². The number of halogens is 2. The maximum absolute atomic E-state index is 12.2. The second kappa shape index (κ2) is 6.57. The molecule has 128 valence electrons. The molecule has 0 bridgehead atoms. The van der Waals surface area contributed by atoms with Gasteiger partial charge in [0.2, 0.25) is 0 Å². The number of carbonyl (C=O) groups excluding carboxylic acids is 1. The molecule has 0 saturated carbocycles. The fourth-order valence-electron chi connectivity index (χ4n) is 2.16. The van der Waals surface area contributed by atoms with Crippen molar-refractivity contribution >= 4 is 6.09 Å². The van der Waals surface area contributed by atoms with Crippen molar-refractivity contribution in [2.75, 3.05) is 6.61 Å². The standard InChI is InChI=1S/C15H19F2NO5/c1-15(2,3)23-14(20)18-12-9-5-4-8(22-13(16)17)6-11(9)21-7-10(12)19/h4-6,10,12-13,19H,7H2,1-3H3,(H,18,20)/t10-,12+/m1/s1. The highest BCUT2D eigenvalue weighted by Crippen LogP contribution is 2.35. The van der Waals surface area contributed by atoms with Crippen molar-refractivity contribution in [3.05, 3.63) is 23.8 Å². The Balaban J connectivity index is 2.17. The quantitative estimate of drug-likeness (QED) is 0.890. The first kappa shape index (κ1) is 17.3. The number of ether oxygens (including phenoxy) is 3. The zero-order valence-corrected chi connectivity index (χ0v) is 13.0. The second-order valence-corrected chi connectivity index (χ2v) is 6.08. The van der Waals surface area contributed by atoms with Gasteiger partial charge in [0.1, 0.15) is 29.8 Å². The monoisotopic (exact) mass is 331 g/mol. The van der Waals surface area contributed by atoms with Crippen LogP contribution in [-0.2, 0) is 4.74 Å². The first-order valence-electron chi connectivity index (χ1n) is 7.05. The van der Waals surface area contributed by atoms with Crippen molar-refractivity contribution in [2.45, 2.75) is 45.1 Å². The van der Waals surface area contributed by atoms with E-state index in [-0.39, 0.29) is 18.1 Å². The van der Waals surface area contributed by atoms with E-state index in [9.17, 15) is 18.7 Å². The lowest BCUT2D eigenvalue weighted by Gasteiger charge is -2.32. The molecule has 0 saturated heterocycles. The van der Waals surface area contributed by atoms with Crippen LogP contribution < -0.4 is 14.8 Å². The predicted octanol–water partition coefficient (Wildman–Crippen LogP) is 2.61. The summed E-state index contributed by atoms with van der Waals surface area (Å²) < 4.78 is 39.2. The predicted molar refractivity (Wildman–Crippen MR) is 76.7 cm³/mol. The lowest BCUT2D eigenvalue weighted by atomic mass is 9.98. The van der Waals surface area contributed by atoms with E-state index in [2.05, 4.69) is 10.1 Å². The lowest BCUT2D eigenvalue weighted by molar-refractivity contribution is -0.0501. The van der Waals surface area contributed by atoms with E-state index < -0.39 is 30.5 Å². The molecule has 0 aromatic heterocycles. The molecule has 2 atom stereocenters. The van der Waals surface area contributed by atoms with E-state index >= 15 is 0 Å². The van der Waals surface area contributed by atoms with Crippen LogP contribution in [0.1, 0.15) is 32.4 Å². The van der Waals surface area contributed by atoms with Gasteiger partial charge in [-0.2, -0.15) is 8.78 Å². The molecule has 23 heavy (non-hydrogen) atoms. The lowest BCUT2D eigenvalue weighted by Crippen LogP contribution is -2.43. The van der Waals surface area contributed by atoms with Gasteiger partial charge in [-0.15, -0.1) is 0 Å². The molecule has 0 spiro atoms. The summed E-state index contributed by atoms with van der Waals surface area (Å²) in [5.74, 6) is 0.195. The summed E-state index contributed by atoms with van der Waals surface area (Å²) in [6.45, 7) is 2.11. The van der Waals surface area contributed by atoms with Gasteiger partial charge in [0.15, 0.2) is 0 Å². The second-order valence-electron chi connectivity index (χ2n) is 6.08. The summed E-state index contributed by atoms with van der Waals surface area (Å²) in [5, 5.41) is 12.6. The van der Waals surface area contributed by atoms with Gasteiger partial charge < -0.3 is 24.6 Å². The maximum atomic E-state index is 12.2. The third-order valence-corrected chi connectivity index (χ3v) is 3.01. The molecule has 1 aromatic rings. The van der Waals surface area contributed by atoms with Gasteiger partial charge in [-0.1, -0.05) is 0 Å². The van der Waals surface area contributed by atoms with Gasteiger partial charge in [-0.25, -0.2) is 4.79 Å². The minimum absolute atomic E-state index is 0.0637. The average molecular weight is 331 g/mol. The van der Waals surface area contributed by atoms with Crippen molar-refractivity contribution in [3.8, 4) is 11.5 Å². The molecule has 1 aliphatic rings. The summed E-state index contributed by atoms with van der Waals surface area (Å²) in [4.78, 5) is 11.9. The van der Waals surface area contributed by atoms with E-state index in [4.69, 9.17) is 9.47 Å². The van der Waals surface area contributed by atoms with E-state index in [1.54, 1.807) is 20.8 Å². The van der Waals surface area contributed by atoms with Gasteiger partial charge in [-0.3, -0.25) is 0 Å². The van der Waals surface area contributed by atoms with Crippen molar-refractivity contribution in [1.82, 2.24) is 5.32 Å². The number of carbonyl (C=O) groups is 1. The van der Waals surface area contributed by atoms with E-state index in [1.165, 1.54) is 18.2 Å². The Hall–Kier alpha value is -2.09.